The number of rotatable bonds is 8. The lowest BCUT2D eigenvalue weighted by Gasteiger charge is -2.12. The summed E-state index contributed by atoms with van der Waals surface area (Å²) in [5.74, 6) is -0.566. The first-order chi connectivity index (χ1) is 7.29. The van der Waals surface area contributed by atoms with E-state index in [0.29, 0.717) is 5.92 Å². The van der Waals surface area contributed by atoms with Gasteiger partial charge in [-0.05, 0) is 18.2 Å². The fourth-order valence-electron chi connectivity index (χ4n) is 1.34. The van der Waals surface area contributed by atoms with Crippen LogP contribution in [0.3, 0.4) is 0 Å². The van der Waals surface area contributed by atoms with Gasteiger partial charge in [-0.1, -0.05) is 46.5 Å². The number of hydrogen-bond acceptors (Lipinski definition) is 1. The summed E-state index contributed by atoms with van der Waals surface area (Å²) < 4.78 is 15.4. The molecule has 0 heterocycles. The van der Waals surface area contributed by atoms with Crippen molar-refractivity contribution in [2.75, 3.05) is 0 Å². The van der Waals surface area contributed by atoms with Crippen molar-refractivity contribution >= 4 is 5.97 Å². The molecular weight excluding hydrogens is 176 g/mol. The average Bonchev–Trinajstić information content (AvgIpc) is 2.15. The minimum Gasteiger partial charge on any atom is -0.481 e. The Labute approximate surface area is 90.5 Å². The molecule has 2 nitrogen and oxygen atoms in total. The van der Waals surface area contributed by atoms with Crippen LogP contribution >= 0.6 is 0 Å². The van der Waals surface area contributed by atoms with E-state index in [1.54, 1.807) is 6.92 Å². The van der Waals surface area contributed by atoms with Gasteiger partial charge in [0.25, 0.3) is 0 Å². The van der Waals surface area contributed by atoms with Gasteiger partial charge in [0, 0.05) is 9.16 Å². The Balaban J connectivity index is 3.95. The fraction of sp³-hybridized carbons (Fsp3) is 0.917. The average molecular weight is 202 g/mol. The molecule has 0 aliphatic carbocycles. The molecule has 0 aliphatic heterocycles. The van der Waals surface area contributed by atoms with E-state index in [-0.39, 0.29) is 5.92 Å². The van der Waals surface area contributed by atoms with Crippen LogP contribution in [0.5, 0.6) is 0 Å². The zero-order valence-electron chi connectivity index (χ0n) is 11.5. The van der Waals surface area contributed by atoms with Gasteiger partial charge in [0.05, 0.1) is 0 Å². The Bertz CT molecular complexity index is 217. The maximum Gasteiger partial charge on any atom is 0.303 e. The summed E-state index contributed by atoms with van der Waals surface area (Å²) in [4.78, 5) is 10.5. The van der Waals surface area contributed by atoms with E-state index in [4.69, 9.17) is 7.85 Å². The zero-order valence-corrected chi connectivity index (χ0v) is 9.55. The van der Waals surface area contributed by atoms with Crippen molar-refractivity contribution in [1.29, 1.82) is 0 Å². The molecule has 1 N–H and O–H groups in total. The summed E-state index contributed by atoms with van der Waals surface area (Å²) in [5.41, 5.74) is 0. The first-order valence-electron chi connectivity index (χ1n) is 6.51. The maximum atomic E-state index is 10.5. The van der Waals surface area contributed by atoms with Crippen LogP contribution in [0.25, 0.3) is 0 Å². The second kappa shape index (κ2) is 7.84. The van der Waals surface area contributed by atoms with Gasteiger partial charge in [-0.25, -0.2) is 0 Å². The van der Waals surface area contributed by atoms with E-state index >= 15 is 0 Å². The van der Waals surface area contributed by atoms with E-state index in [0.717, 1.165) is 25.7 Å². The highest BCUT2D eigenvalue weighted by Gasteiger charge is 2.06. The number of aliphatic carboxylic acids is 1. The molecule has 0 rings (SSSR count). The highest BCUT2D eigenvalue weighted by atomic mass is 16.4. The van der Waals surface area contributed by atoms with Gasteiger partial charge in [0.1, 0.15) is 0 Å². The molecule has 0 bridgehead atoms. The Morgan fingerprint density at radius 1 is 1.36 bits per heavy atom. The number of carboxylic acid groups (broad SMARTS) is 1. The quantitative estimate of drug-likeness (QED) is 0.651. The molecule has 0 radical (unpaired) electrons. The summed E-state index contributed by atoms with van der Waals surface area (Å²) in [6, 6.07) is 0. The lowest BCUT2D eigenvalue weighted by atomic mass is 9.94. The van der Waals surface area contributed by atoms with Crippen LogP contribution in [0.1, 0.15) is 62.0 Å². The van der Waals surface area contributed by atoms with E-state index in [1.165, 1.54) is 0 Å². The molecule has 0 fully saturated rings. The molecule has 0 aliphatic rings. The standard InChI is InChI=1S/C12H24O2/c1-4-10(2)6-5-7-11(3)8-9-12(13)14/h10-11H,4-9H2,1-3H3,(H,13,14)/i8D2. The van der Waals surface area contributed by atoms with Gasteiger partial charge in [-0.2, -0.15) is 0 Å². The summed E-state index contributed by atoms with van der Waals surface area (Å²) >= 11 is 0. The van der Waals surface area contributed by atoms with Crippen molar-refractivity contribution in [3.05, 3.63) is 0 Å². The number of carboxylic acids is 1. The predicted octanol–water partition coefficient (Wildman–Crippen LogP) is 3.70. The van der Waals surface area contributed by atoms with Crippen molar-refractivity contribution in [3.63, 3.8) is 0 Å². The SMILES string of the molecule is [2H]C([2H])(CC(=O)O)C(C)CCCC(C)CC. The van der Waals surface area contributed by atoms with Crippen molar-refractivity contribution in [2.24, 2.45) is 11.8 Å². The minimum atomic E-state index is -1.58. The molecule has 2 heteroatoms. The number of carbonyl (C=O) groups is 1. The van der Waals surface area contributed by atoms with Gasteiger partial charge in [0.2, 0.25) is 0 Å². The molecule has 2 unspecified atom stereocenters. The van der Waals surface area contributed by atoms with E-state index in [9.17, 15) is 4.79 Å². The Morgan fingerprint density at radius 3 is 2.43 bits per heavy atom. The van der Waals surface area contributed by atoms with Gasteiger partial charge in [-0.3, -0.25) is 4.79 Å². The minimum absolute atomic E-state index is 0.187. The first kappa shape index (κ1) is 10.0. The third-order valence-electron chi connectivity index (χ3n) is 2.63. The Hall–Kier alpha value is -0.530. The summed E-state index contributed by atoms with van der Waals surface area (Å²) in [6.45, 7) is 6.15. The lowest BCUT2D eigenvalue weighted by Crippen LogP contribution is -2.02. The third-order valence-corrected chi connectivity index (χ3v) is 2.63. The molecule has 0 spiro atoms. The molecule has 2 atom stereocenters. The van der Waals surface area contributed by atoms with Crippen LogP contribution in [0, 0.1) is 11.8 Å². The van der Waals surface area contributed by atoms with E-state index in [1.807, 2.05) is 0 Å². The third kappa shape index (κ3) is 8.09. The molecule has 0 saturated carbocycles. The predicted molar refractivity (Wildman–Crippen MR) is 59.3 cm³/mol. The molecule has 14 heavy (non-hydrogen) atoms. The Morgan fingerprint density at radius 2 is 1.93 bits per heavy atom. The monoisotopic (exact) mass is 202 g/mol. The largest absolute Gasteiger partial charge is 0.481 e. The van der Waals surface area contributed by atoms with Gasteiger partial charge < -0.3 is 5.11 Å². The molecule has 0 saturated heterocycles. The number of hydrogen-bond donors (Lipinski definition) is 1. The second-order valence-corrected chi connectivity index (χ2v) is 4.12. The van der Waals surface area contributed by atoms with Crippen LogP contribution in [-0.2, 0) is 4.79 Å². The van der Waals surface area contributed by atoms with Crippen LogP contribution in [0.2, 0.25) is 0 Å². The van der Waals surface area contributed by atoms with Crippen LogP contribution in [0.15, 0.2) is 0 Å². The van der Waals surface area contributed by atoms with E-state index < -0.39 is 18.8 Å². The maximum absolute atomic E-state index is 10.5. The van der Waals surface area contributed by atoms with Crippen molar-refractivity contribution in [1.82, 2.24) is 0 Å². The normalized spacial score (nSPS) is 18.2. The zero-order chi connectivity index (χ0) is 12.8. The van der Waals surface area contributed by atoms with Crippen LogP contribution < -0.4 is 0 Å². The van der Waals surface area contributed by atoms with Gasteiger partial charge in [-0.15, -0.1) is 0 Å². The topological polar surface area (TPSA) is 37.3 Å². The fourth-order valence-corrected chi connectivity index (χ4v) is 1.34. The summed E-state index contributed by atoms with van der Waals surface area (Å²) in [6.07, 6.45) is 2.03. The summed E-state index contributed by atoms with van der Waals surface area (Å²) in [5, 5.41) is 8.61. The lowest BCUT2D eigenvalue weighted by molar-refractivity contribution is -0.137. The molecule has 84 valence electrons. The molecular formula is C12H24O2. The highest BCUT2D eigenvalue weighted by molar-refractivity contribution is 5.66. The molecule has 0 aromatic carbocycles. The van der Waals surface area contributed by atoms with Crippen molar-refractivity contribution in [3.8, 4) is 0 Å². The first-order valence-corrected chi connectivity index (χ1v) is 5.51. The van der Waals surface area contributed by atoms with Crippen molar-refractivity contribution < 1.29 is 12.6 Å². The van der Waals surface area contributed by atoms with E-state index in [2.05, 4.69) is 13.8 Å². The molecule has 0 amide bonds. The Kier molecular flexibility index (Phi) is 5.60. The molecule has 0 aromatic rings. The second-order valence-electron chi connectivity index (χ2n) is 4.12. The van der Waals surface area contributed by atoms with Gasteiger partial charge in [0.15, 0.2) is 0 Å². The summed E-state index contributed by atoms with van der Waals surface area (Å²) in [7, 11) is 0. The van der Waals surface area contributed by atoms with Crippen molar-refractivity contribution in [2.45, 2.75) is 59.2 Å². The highest BCUT2D eigenvalue weighted by Crippen LogP contribution is 2.17. The molecule has 0 aromatic heterocycles. The smallest absolute Gasteiger partial charge is 0.303 e. The van der Waals surface area contributed by atoms with Crippen LogP contribution in [0.4, 0.5) is 0 Å². The van der Waals surface area contributed by atoms with Crippen LogP contribution in [-0.4, -0.2) is 11.1 Å². The van der Waals surface area contributed by atoms with Gasteiger partial charge >= 0.3 is 5.97 Å².